The van der Waals surface area contributed by atoms with E-state index < -0.39 is 0 Å². The van der Waals surface area contributed by atoms with Crippen LogP contribution in [0.1, 0.15) is 18.1 Å². The Kier molecular flexibility index (Phi) is 4.13. The smallest absolute Gasteiger partial charge is 0.192 e. The van der Waals surface area contributed by atoms with Crippen molar-refractivity contribution in [2.24, 2.45) is 0 Å². The average Bonchev–Trinajstić information content (AvgIpc) is 2.54. The molecule has 0 fully saturated rings. The summed E-state index contributed by atoms with van der Waals surface area (Å²) < 4.78 is 0. The second-order valence-electron chi connectivity index (χ2n) is 4.16. The van der Waals surface area contributed by atoms with Gasteiger partial charge in [0.1, 0.15) is 0 Å². The normalized spacial score (nSPS) is 11.1. The molecule has 0 aliphatic rings. The molecule has 2 rings (SSSR count). The maximum atomic E-state index is 12.6. The molecule has 0 radical (unpaired) electrons. The molecule has 96 valence electrons. The van der Waals surface area contributed by atoms with Crippen molar-refractivity contribution < 1.29 is 0 Å². The van der Waals surface area contributed by atoms with Gasteiger partial charge in [0.2, 0.25) is 0 Å². The Morgan fingerprint density at radius 2 is 2.21 bits per heavy atom. The summed E-state index contributed by atoms with van der Waals surface area (Å²) in [7, 11) is 0. The van der Waals surface area contributed by atoms with Gasteiger partial charge in [-0.3, -0.25) is 9.78 Å². The Balaban J connectivity index is 2.87. The van der Waals surface area contributed by atoms with Crippen LogP contribution in [0.2, 0.25) is 5.02 Å². The quantitative estimate of drug-likeness (QED) is 0.790. The fraction of sp³-hybridized carbons (Fsp3) is 0.125. The van der Waals surface area contributed by atoms with E-state index in [0.29, 0.717) is 27.9 Å². The predicted octanol–water partition coefficient (Wildman–Crippen LogP) is 4.01. The number of rotatable bonds is 3. The minimum Gasteiger partial charge on any atom is -0.289 e. The summed E-state index contributed by atoms with van der Waals surface area (Å²) in [6.45, 7) is 5.70. The van der Waals surface area contributed by atoms with Crippen molar-refractivity contribution in [3.05, 3.63) is 69.5 Å². The molecule has 1 aromatic heterocycles. The lowest BCUT2D eigenvalue weighted by molar-refractivity contribution is 1.24. The van der Waals surface area contributed by atoms with Crippen LogP contribution in [-0.2, 0) is 6.42 Å². The number of pyridine rings is 1. The molecule has 0 aliphatic heterocycles. The summed E-state index contributed by atoms with van der Waals surface area (Å²) in [6, 6.07) is 5.36. The molecule has 19 heavy (non-hydrogen) atoms. The van der Waals surface area contributed by atoms with Crippen LogP contribution >= 0.6 is 11.6 Å². The molecule has 0 amide bonds. The van der Waals surface area contributed by atoms with E-state index in [1.165, 1.54) is 0 Å². The molecule has 2 nitrogen and oxygen atoms in total. The van der Waals surface area contributed by atoms with Crippen LogP contribution in [0.5, 0.6) is 0 Å². The molecule has 0 bridgehead atoms. The highest BCUT2D eigenvalue weighted by Crippen LogP contribution is 2.16. The first-order valence-electron chi connectivity index (χ1n) is 6.02. The van der Waals surface area contributed by atoms with Crippen LogP contribution in [0.25, 0.3) is 17.0 Å². The number of halogens is 1. The highest BCUT2D eigenvalue weighted by molar-refractivity contribution is 6.31. The van der Waals surface area contributed by atoms with E-state index in [0.717, 1.165) is 5.56 Å². The number of nitrogens with zero attached hydrogens (tertiary/aromatic N) is 1. The lowest BCUT2D eigenvalue weighted by Crippen LogP contribution is -2.07. The Labute approximate surface area is 117 Å². The van der Waals surface area contributed by atoms with Gasteiger partial charge in [-0.2, -0.15) is 0 Å². The monoisotopic (exact) mass is 271 g/mol. The Hall–Kier alpha value is -1.93. The van der Waals surface area contributed by atoms with Crippen molar-refractivity contribution in [3.63, 3.8) is 0 Å². The zero-order chi connectivity index (χ0) is 13.8. The Morgan fingerprint density at radius 3 is 2.89 bits per heavy atom. The van der Waals surface area contributed by atoms with E-state index in [9.17, 15) is 4.79 Å². The lowest BCUT2D eigenvalue weighted by Gasteiger charge is -1.97. The van der Waals surface area contributed by atoms with Crippen LogP contribution in [0.15, 0.2) is 47.9 Å². The molecule has 0 N–H and O–H groups in total. The van der Waals surface area contributed by atoms with Crippen molar-refractivity contribution >= 4 is 28.6 Å². The van der Waals surface area contributed by atoms with Gasteiger partial charge < -0.3 is 0 Å². The van der Waals surface area contributed by atoms with Gasteiger partial charge >= 0.3 is 0 Å². The van der Waals surface area contributed by atoms with Crippen molar-refractivity contribution in [1.82, 2.24) is 4.98 Å². The number of aromatic nitrogens is 1. The molecule has 0 spiro atoms. The van der Waals surface area contributed by atoms with Gasteiger partial charge in [0.25, 0.3) is 0 Å². The first-order chi connectivity index (χ1) is 9.17. The highest BCUT2D eigenvalue weighted by Gasteiger charge is 2.07. The van der Waals surface area contributed by atoms with Gasteiger partial charge in [-0.1, -0.05) is 42.5 Å². The van der Waals surface area contributed by atoms with Crippen LogP contribution < -0.4 is 5.43 Å². The summed E-state index contributed by atoms with van der Waals surface area (Å²) in [6.07, 6.45) is 7.69. The second-order valence-corrected chi connectivity index (χ2v) is 4.60. The first-order valence-corrected chi connectivity index (χ1v) is 6.40. The van der Waals surface area contributed by atoms with E-state index in [4.69, 9.17) is 11.6 Å². The van der Waals surface area contributed by atoms with E-state index >= 15 is 0 Å². The van der Waals surface area contributed by atoms with E-state index in [-0.39, 0.29) is 5.43 Å². The second kappa shape index (κ2) is 5.81. The Morgan fingerprint density at radius 1 is 1.42 bits per heavy atom. The van der Waals surface area contributed by atoms with Gasteiger partial charge in [-0.15, -0.1) is 0 Å². The third-order valence-electron chi connectivity index (χ3n) is 2.95. The molecular formula is C16H14ClNO. The van der Waals surface area contributed by atoms with Gasteiger partial charge in [-0.25, -0.2) is 0 Å². The zero-order valence-corrected chi connectivity index (χ0v) is 11.4. The molecule has 0 atom stereocenters. The molecule has 1 heterocycles. The number of hydrogen-bond donors (Lipinski definition) is 0. The minimum atomic E-state index is -0.0389. The molecule has 0 aliphatic carbocycles. The maximum absolute atomic E-state index is 12.6. The van der Waals surface area contributed by atoms with Crippen LogP contribution in [0.3, 0.4) is 0 Å². The number of allylic oxidation sites excluding steroid dienone is 2. The maximum Gasteiger partial charge on any atom is 0.192 e. The molecule has 0 saturated carbocycles. The van der Waals surface area contributed by atoms with Crippen LogP contribution in [-0.4, -0.2) is 4.98 Å². The summed E-state index contributed by atoms with van der Waals surface area (Å²) in [4.78, 5) is 16.8. The van der Waals surface area contributed by atoms with Crippen molar-refractivity contribution in [2.45, 2.75) is 13.3 Å². The first kappa shape index (κ1) is 13.5. The number of hydrogen-bond acceptors (Lipinski definition) is 2. The summed E-state index contributed by atoms with van der Waals surface area (Å²) in [5.41, 5.74) is 2.15. The fourth-order valence-electron chi connectivity index (χ4n) is 1.96. The third-order valence-corrected chi connectivity index (χ3v) is 3.16. The average molecular weight is 272 g/mol. The standard InChI is InChI=1S/C16H14ClNO/c1-3-5-6-13-11(4-2)7-8-15-14(16(13)19)9-12(17)10-18-15/h3-5,7-10H,2,6H2,1H3/b5-3-. The molecule has 3 heteroatoms. The lowest BCUT2D eigenvalue weighted by atomic mass is 10.1. The van der Waals surface area contributed by atoms with E-state index in [2.05, 4.69) is 11.6 Å². The van der Waals surface area contributed by atoms with Crippen LogP contribution in [0.4, 0.5) is 0 Å². The highest BCUT2D eigenvalue weighted by atomic mass is 35.5. The van der Waals surface area contributed by atoms with Gasteiger partial charge in [-0.05, 0) is 31.0 Å². The van der Waals surface area contributed by atoms with Crippen LogP contribution in [0, 0.1) is 0 Å². The van der Waals surface area contributed by atoms with Crippen molar-refractivity contribution in [3.8, 4) is 0 Å². The fourth-order valence-corrected chi connectivity index (χ4v) is 2.12. The van der Waals surface area contributed by atoms with Gasteiger partial charge in [0.05, 0.1) is 10.5 Å². The third kappa shape index (κ3) is 2.74. The van der Waals surface area contributed by atoms with E-state index in [1.54, 1.807) is 18.3 Å². The number of fused-ring (bicyclic) bond motifs is 1. The van der Waals surface area contributed by atoms with Crippen molar-refractivity contribution in [2.75, 3.05) is 0 Å². The molecule has 1 aromatic carbocycles. The van der Waals surface area contributed by atoms with Crippen molar-refractivity contribution in [1.29, 1.82) is 0 Å². The predicted molar refractivity (Wildman–Crippen MR) is 81.6 cm³/mol. The zero-order valence-electron chi connectivity index (χ0n) is 10.7. The van der Waals surface area contributed by atoms with Gasteiger partial charge in [0, 0.05) is 17.1 Å². The van der Waals surface area contributed by atoms with E-state index in [1.807, 2.05) is 31.2 Å². The summed E-state index contributed by atoms with van der Waals surface area (Å²) in [5.74, 6) is 0. The summed E-state index contributed by atoms with van der Waals surface area (Å²) in [5, 5.41) is 1.01. The summed E-state index contributed by atoms with van der Waals surface area (Å²) >= 11 is 5.93. The molecule has 2 aromatic rings. The Bertz CT molecular complexity index is 720. The SMILES string of the molecule is C=Cc1ccc2ncc(Cl)cc2c(=O)c1C/C=C\C. The topological polar surface area (TPSA) is 30.0 Å². The molecule has 0 saturated heterocycles. The molecule has 0 unspecified atom stereocenters. The largest absolute Gasteiger partial charge is 0.289 e. The minimum absolute atomic E-state index is 0.0389. The molecular weight excluding hydrogens is 258 g/mol. The van der Waals surface area contributed by atoms with Gasteiger partial charge in [0.15, 0.2) is 5.43 Å².